The molecule has 0 aliphatic heterocycles. The van der Waals surface area contributed by atoms with Crippen molar-refractivity contribution >= 4 is 27.4 Å². The first kappa shape index (κ1) is 15.5. The maximum atomic E-state index is 6.06. The lowest BCUT2D eigenvalue weighted by Gasteiger charge is -2.05. The van der Waals surface area contributed by atoms with Gasteiger partial charge in [0.15, 0.2) is 12.7 Å². The average molecular weight is 353 g/mol. The minimum absolute atomic E-state index is 0.656. The van der Waals surface area contributed by atoms with Crippen molar-refractivity contribution in [3.63, 3.8) is 0 Å². The lowest BCUT2D eigenvalue weighted by atomic mass is 10.0. The SMILES string of the molecule is Nc1cc[n+](Cc2ccc3cncc(-c4cc5ccccc5o4)c3c2)nc1. The molecule has 2 aromatic carbocycles. The number of nitrogens with zero attached hydrogens (tertiary/aromatic N) is 3. The second-order valence-electron chi connectivity index (χ2n) is 6.55. The summed E-state index contributed by atoms with van der Waals surface area (Å²) >= 11 is 0. The van der Waals surface area contributed by atoms with E-state index in [0.717, 1.165) is 38.6 Å². The van der Waals surface area contributed by atoms with Crippen LogP contribution in [-0.2, 0) is 6.54 Å². The van der Waals surface area contributed by atoms with Gasteiger partial charge in [-0.05, 0) is 28.7 Å². The van der Waals surface area contributed by atoms with Crippen LogP contribution in [-0.4, -0.2) is 10.1 Å². The summed E-state index contributed by atoms with van der Waals surface area (Å²) in [7, 11) is 0. The molecule has 0 bridgehead atoms. The zero-order valence-corrected chi connectivity index (χ0v) is 14.5. The highest BCUT2D eigenvalue weighted by Gasteiger charge is 2.12. The molecule has 0 saturated heterocycles. The van der Waals surface area contributed by atoms with Crippen LogP contribution in [0.3, 0.4) is 0 Å². The number of rotatable bonds is 3. The van der Waals surface area contributed by atoms with Crippen molar-refractivity contribution < 1.29 is 9.10 Å². The molecule has 0 spiro atoms. The third-order valence-corrected chi connectivity index (χ3v) is 4.65. The maximum Gasteiger partial charge on any atom is 0.199 e. The first-order valence-corrected chi connectivity index (χ1v) is 8.73. The molecule has 3 heterocycles. The number of hydrogen-bond acceptors (Lipinski definition) is 4. The first-order chi connectivity index (χ1) is 13.3. The van der Waals surface area contributed by atoms with E-state index >= 15 is 0 Å². The molecule has 0 aliphatic rings. The minimum Gasteiger partial charge on any atom is -0.456 e. The number of furan rings is 1. The Morgan fingerprint density at radius 2 is 1.85 bits per heavy atom. The molecule has 5 aromatic rings. The smallest absolute Gasteiger partial charge is 0.199 e. The van der Waals surface area contributed by atoms with Crippen molar-refractivity contribution in [2.24, 2.45) is 0 Å². The summed E-state index contributed by atoms with van der Waals surface area (Å²) in [5, 5.41) is 7.59. The van der Waals surface area contributed by atoms with Crippen molar-refractivity contribution in [3.8, 4) is 11.3 Å². The van der Waals surface area contributed by atoms with Crippen molar-refractivity contribution in [2.45, 2.75) is 6.54 Å². The lowest BCUT2D eigenvalue weighted by molar-refractivity contribution is -0.746. The number of aromatic nitrogens is 3. The number of hydrogen-bond donors (Lipinski definition) is 1. The van der Waals surface area contributed by atoms with Crippen molar-refractivity contribution in [3.05, 3.63) is 84.9 Å². The Kier molecular flexibility index (Phi) is 3.57. The molecule has 0 atom stereocenters. The third kappa shape index (κ3) is 2.89. The van der Waals surface area contributed by atoms with E-state index in [1.165, 1.54) is 0 Å². The molecule has 2 N–H and O–H groups in total. The fraction of sp³-hybridized carbons (Fsp3) is 0.0455. The molecule has 5 heteroatoms. The molecule has 0 radical (unpaired) electrons. The van der Waals surface area contributed by atoms with Crippen LogP contribution in [0.2, 0.25) is 0 Å². The van der Waals surface area contributed by atoms with E-state index in [9.17, 15) is 0 Å². The maximum absolute atomic E-state index is 6.06. The Balaban J connectivity index is 1.61. The van der Waals surface area contributed by atoms with Crippen LogP contribution in [0.1, 0.15) is 5.56 Å². The summed E-state index contributed by atoms with van der Waals surface area (Å²) in [6, 6.07) is 18.3. The van der Waals surface area contributed by atoms with E-state index in [2.05, 4.69) is 40.4 Å². The second-order valence-corrected chi connectivity index (χ2v) is 6.55. The molecule has 0 amide bonds. The van der Waals surface area contributed by atoms with Gasteiger partial charge >= 0.3 is 0 Å². The molecule has 0 saturated carbocycles. The largest absolute Gasteiger partial charge is 0.456 e. The van der Waals surface area contributed by atoms with Crippen LogP contribution in [0.15, 0.2) is 83.8 Å². The zero-order valence-electron chi connectivity index (χ0n) is 14.5. The fourth-order valence-electron chi connectivity index (χ4n) is 3.30. The molecule has 5 rings (SSSR count). The number of anilines is 1. The van der Waals surface area contributed by atoms with Gasteiger partial charge in [-0.3, -0.25) is 4.98 Å². The summed E-state index contributed by atoms with van der Waals surface area (Å²) in [5.74, 6) is 0.824. The monoisotopic (exact) mass is 353 g/mol. The summed E-state index contributed by atoms with van der Waals surface area (Å²) in [6.45, 7) is 0.665. The molecule has 130 valence electrons. The highest BCUT2D eigenvalue weighted by molar-refractivity contribution is 5.97. The van der Waals surface area contributed by atoms with Gasteiger partial charge in [0.05, 0.1) is 5.69 Å². The molecular weight excluding hydrogens is 336 g/mol. The summed E-state index contributed by atoms with van der Waals surface area (Å²) in [5.41, 5.74) is 9.38. The zero-order chi connectivity index (χ0) is 18.2. The van der Waals surface area contributed by atoms with Gasteiger partial charge in [-0.15, -0.1) is 0 Å². The number of pyridine rings is 1. The van der Waals surface area contributed by atoms with Gasteiger partial charge < -0.3 is 10.2 Å². The quantitative estimate of drug-likeness (QED) is 0.499. The Morgan fingerprint density at radius 3 is 2.70 bits per heavy atom. The number of nitrogens with two attached hydrogens (primary N) is 1. The molecule has 0 aliphatic carbocycles. The van der Waals surface area contributed by atoms with Crippen molar-refractivity contribution in [1.29, 1.82) is 0 Å². The van der Waals surface area contributed by atoms with Crippen molar-refractivity contribution in [2.75, 3.05) is 5.73 Å². The fourth-order valence-corrected chi connectivity index (χ4v) is 3.30. The van der Waals surface area contributed by atoms with Gasteiger partial charge in [0.1, 0.15) is 17.5 Å². The first-order valence-electron chi connectivity index (χ1n) is 8.73. The van der Waals surface area contributed by atoms with E-state index in [-0.39, 0.29) is 0 Å². The summed E-state index contributed by atoms with van der Waals surface area (Å²) in [6.07, 6.45) is 7.27. The van der Waals surface area contributed by atoms with Gasteiger partial charge in [-0.2, -0.15) is 0 Å². The van der Waals surface area contributed by atoms with Gasteiger partial charge in [-0.25, -0.2) is 0 Å². The van der Waals surface area contributed by atoms with Crippen LogP contribution in [0.4, 0.5) is 5.69 Å². The molecule has 27 heavy (non-hydrogen) atoms. The molecule has 0 fully saturated rings. The molecule has 0 unspecified atom stereocenters. The molecular formula is C22H17N4O+. The Labute approximate surface area is 155 Å². The standard InChI is InChI=1S/C22H16N4O/c23-18-7-8-26(25-12-18)14-15-5-6-17-11-24-13-20(19(17)9-15)22-10-16-3-1-2-4-21(16)27-22/h1-13,23H,14H2/p+1. The number of fused-ring (bicyclic) bond motifs is 2. The predicted octanol–water partition coefficient (Wildman–Crippen LogP) is 3.96. The summed E-state index contributed by atoms with van der Waals surface area (Å²) < 4.78 is 7.92. The normalized spacial score (nSPS) is 11.3. The van der Waals surface area contributed by atoms with Crippen LogP contribution < -0.4 is 10.4 Å². The Morgan fingerprint density at radius 1 is 0.926 bits per heavy atom. The van der Waals surface area contributed by atoms with E-state index in [4.69, 9.17) is 10.2 Å². The second kappa shape index (κ2) is 6.21. The average Bonchev–Trinajstić information content (AvgIpc) is 3.13. The van der Waals surface area contributed by atoms with Gasteiger partial charge in [0.2, 0.25) is 0 Å². The topological polar surface area (TPSA) is 68.8 Å². The van der Waals surface area contributed by atoms with E-state index < -0.39 is 0 Å². The van der Waals surface area contributed by atoms with E-state index in [1.54, 1.807) is 6.20 Å². The molecule has 5 nitrogen and oxygen atoms in total. The van der Waals surface area contributed by atoms with Crippen molar-refractivity contribution in [1.82, 2.24) is 10.1 Å². The Bertz CT molecular complexity index is 1230. The minimum atomic E-state index is 0.656. The lowest BCUT2D eigenvalue weighted by Crippen LogP contribution is -2.37. The van der Waals surface area contributed by atoms with E-state index in [1.807, 2.05) is 47.5 Å². The van der Waals surface area contributed by atoms with Gasteiger partial charge in [0.25, 0.3) is 0 Å². The van der Waals surface area contributed by atoms with Gasteiger partial charge in [0, 0.05) is 40.4 Å². The Hall–Kier alpha value is -3.73. The number of benzene rings is 2. The van der Waals surface area contributed by atoms with Crippen LogP contribution in [0.5, 0.6) is 0 Å². The van der Waals surface area contributed by atoms with Crippen LogP contribution in [0, 0.1) is 0 Å². The van der Waals surface area contributed by atoms with Crippen LogP contribution >= 0.6 is 0 Å². The third-order valence-electron chi connectivity index (χ3n) is 4.65. The van der Waals surface area contributed by atoms with E-state index in [0.29, 0.717) is 12.2 Å². The summed E-state index contributed by atoms with van der Waals surface area (Å²) in [4.78, 5) is 4.39. The van der Waals surface area contributed by atoms with Gasteiger partial charge in [-0.1, -0.05) is 35.0 Å². The number of para-hydroxylation sites is 1. The molecule has 3 aromatic heterocycles. The highest BCUT2D eigenvalue weighted by Crippen LogP contribution is 2.32. The number of nitrogen functional groups attached to an aromatic ring is 1. The van der Waals surface area contributed by atoms with Crippen LogP contribution in [0.25, 0.3) is 33.1 Å². The highest BCUT2D eigenvalue weighted by atomic mass is 16.3. The predicted molar refractivity (Wildman–Crippen MR) is 105 cm³/mol.